The maximum absolute atomic E-state index is 10.9. The van der Waals surface area contributed by atoms with Crippen LogP contribution in [-0.2, 0) is 9.05 Å². The van der Waals surface area contributed by atoms with Crippen molar-refractivity contribution in [3.05, 3.63) is 28.2 Å². The second kappa shape index (κ2) is 3.88. The van der Waals surface area contributed by atoms with Crippen molar-refractivity contribution >= 4 is 41.6 Å². The summed E-state index contributed by atoms with van der Waals surface area (Å²) in [5.74, 6) is -1.21. The van der Waals surface area contributed by atoms with Crippen LogP contribution in [0.15, 0.2) is 27.6 Å². The smallest absolute Gasteiger partial charge is 0.335 e. The summed E-state index contributed by atoms with van der Waals surface area (Å²) in [6.45, 7) is 0. The molecule has 0 unspecified atom stereocenters. The van der Waals surface area contributed by atoms with Gasteiger partial charge in [0, 0.05) is 15.2 Å². The van der Waals surface area contributed by atoms with Gasteiger partial charge in [0.2, 0.25) is 0 Å². The Labute approximate surface area is 93.1 Å². The quantitative estimate of drug-likeness (QED) is 0.849. The van der Waals surface area contributed by atoms with Gasteiger partial charge in [-0.2, -0.15) is 0 Å². The lowest BCUT2D eigenvalue weighted by atomic mass is 10.2. The highest BCUT2D eigenvalue weighted by Crippen LogP contribution is 2.22. The van der Waals surface area contributed by atoms with Gasteiger partial charge in [-0.05, 0) is 18.2 Å². The minimum absolute atomic E-state index is 0.140. The Kier molecular flexibility index (Phi) is 3.18. The first-order valence-corrected chi connectivity index (χ1v) is 6.39. The molecule has 14 heavy (non-hydrogen) atoms. The summed E-state index contributed by atoms with van der Waals surface area (Å²) in [5, 5.41) is 8.64. The minimum atomic E-state index is -3.90. The lowest BCUT2D eigenvalue weighted by Crippen LogP contribution is -1.99. The van der Waals surface area contributed by atoms with Crippen LogP contribution in [0.1, 0.15) is 10.4 Å². The number of rotatable bonds is 2. The molecule has 0 amide bonds. The Morgan fingerprint density at radius 1 is 1.36 bits per heavy atom. The van der Waals surface area contributed by atoms with E-state index in [4.69, 9.17) is 15.8 Å². The van der Waals surface area contributed by atoms with Crippen molar-refractivity contribution < 1.29 is 18.3 Å². The Hall–Kier alpha value is -0.590. The molecular weight excluding hydrogens is 295 g/mol. The first-order valence-electron chi connectivity index (χ1n) is 3.29. The molecule has 0 saturated carbocycles. The standard InChI is InChI=1S/C7H4BrClO4S/c8-5-1-4(7(10)11)2-6(3-5)14(9,12)13/h1-3H,(H,10,11). The molecule has 0 aliphatic rings. The SMILES string of the molecule is O=C(O)c1cc(Br)cc(S(=O)(=O)Cl)c1. The van der Waals surface area contributed by atoms with E-state index >= 15 is 0 Å². The van der Waals surface area contributed by atoms with Gasteiger partial charge < -0.3 is 5.11 Å². The molecule has 4 nitrogen and oxygen atoms in total. The van der Waals surface area contributed by atoms with Crippen molar-refractivity contribution in [1.29, 1.82) is 0 Å². The number of halogens is 2. The number of carboxylic acids is 1. The lowest BCUT2D eigenvalue weighted by molar-refractivity contribution is 0.0696. The van der Waals surface area contributed by atoms with E-state index in [0.717, 1.165) is 6.07 Å². The van der Waals surface area contributed by atoms with Crippen LogP contribution < -0.4 is 0 Å². The molecule has 0 aliphatic heterocycles. The third-order valence-corrected chi connectivity index (χ3v) is 3.19. The molecule has 1 rings (SSSR count). The topological polar surface area (TPSA) is 71.4 Å². The Balaban J connectivity index is 3.43. The molecule has 1 aromatic rings. The molecule has 0 saturated heterocycles. The van der Waals surface area contributed by atoms with Crippen molar-refractivity contribution in [2.24, 2.45) is 0 Å². The number of hydrogen-bond donors (Lipinski definition) is 1. The number of aromatic carboxylic acids is 1. The van der Waals surface area contributed by atoms with Gasteiger partial charge in [-0.3, -0.25) is 0 Å². The second-order valence-electron chi connectivity index (χ2n) is 2.42. The third kappa shape index (κ3) is 2.70. The fourth-order valence-electron chi connectivity index (χ4n) is 0.827. The summed E-state index contributed by atoms with van der Waals surface area (Å²) in [7, 11) is 1.16. The van der Waals surface area contributed by atoms with Crippen LogP contribution in [0.2, 0.25) is 0 Å². The minimum Gasteiger partial charge on any atom is -0.478 e. The predicted molar refractivity (Wildman–Crippen MR) is 54.1 cm³/mol. The highest BCUT2D eigenvalue weighted by Gasteiger charge is 2.14. The fourth-order valence-corrected chi connectivity index (χ4v) is 2.27. The largest absolute Gasteiger partial charge is 0.478 e. The predicted octanol–water partition coefficient (Wildman–Crippen LogP) is 2.07. The molecule has 1 aromatic carbocycles. The first kappa shape index (κ1) is 11.5. The molecule has 0 aromatic heterocycles. The molecule has 0 bridgehead atoms. The molecular formula is C7H4BrClO4S. The normalized spacial score (nSPS) is 11.3. The number of benzene rings is 1. The van der Waals surface area contributed by atoms with E-state index in [1.165, 1.54) is 12.1 Å². The Bertz CT molecular complexity index is 482. The van der Waals surface area contributed by atoms with Crippen molar-refractivity contribution in [3.63, 3.8) is 0 Å². The van der Waals surface area contributed by atoms with Crippen LogP contribution in [0.5, 0.6) is 0 Å². The summed E-state index contributed by atoms with van der Waals surface area (Å²) in [4.78, 5) is 10.3. The van der Waals surface area contributed by atoms with Gasteiger partial charge in [0.1, 0.15) is 0 Å². The van der Waals surface area contributed by atoms with E-state index in [-0.39, 0.29) is 10.5 Å². The Morgan fingerprint density at radius 3 is 2.36 bits per heavy atom. The lowest BCUT2D eigenvalue weighted by Gasteiger charge is -2.00. The third-order valence-electron chi connectivity index (χ3n) is 1.40. The van der Waals surface area contributed by atoms with E-state index in [1.807, 2.05) is 0 Å². The van der Waals surface area contributed by atoms with Crippen molar-refractivity contribution in [1.82, 2.24) is 0 Å². The molecule has 0 heterocycles. The average Bonchev–Trinajstić information content (AvgIpc) is 2.01. The first-order chi connectivity index (χ1) is 6.30. The number of carbonyl (C=O) groups is 1. The highest BCUT2D eigenvalue weighted by molar-refractivity contribution is 9.10. The van der Waals surface area contributed by atoms with Crippen molar-refractivity contribution in [3.8, 4) is 0 Å². The Morgan fingerprint density at radius 2 is 1.93 bits per heavy atom. The van der Waals surface area contributed by atoms with E-state index in [2.05, 4.69) is 15.9 Å². The zero-order valence-electron chi connectivity index (χ0n) is 6.57. The number of carboxylic acid groups (broad SMARTS) is 1. The second-order valence-corrected chi connectivity index (χ2v) is 5.90. The molecule has 0 fully saturated rings. The van der Waals surface area contributed by atoms with Gasteiger partial charge in [-0.25, -0.2) is 13.2 Å². The van der Waals surface area contributed by atoms with Gasteiger partial charge in [0.15, 0.2) is 0 Å². The van der Waals surface area contributed by atoms with Gasteiger partial charge in [-0.15, -0.1) is 0 Å². The molecule has 1 N–H and O–H groups in total. The van der Waals surface area contributed by atoms with Crippen molar-refractivity contribution in [2.75, 3.05) is 0 Å². The van der Waals surface area contributed by atoms with E-state index in [9.17, 15) is 13.2 Å². The summed E-state index contributed by atoms with van der Waals surface area (Å²) in [6, 6.07) is 3.51. The van der Waals surface area contributed by atoms with Gasteiger partial charge in [0.25, 0.3) is 9.05 Å². The zero-order chi connectivity index (χ0) is 10.9. The molecule has 0 radical (unpaired) electrons. The summed E-state index contributed by atoms with van der Waals surface area (Å²) in [5.41, 5.74) is -0.140. The van der Waals surface area contributed by atoms with Gasteiger partial charge in [-0.1, -0.05) is 15.9 Å². The summed E-state index contributed by atoms with van der Waals surface area (Å²) < 4.78 is 22.2. The van der Waals surface area contributed by atoms with Gasteiger partial charge in [0.05, 0.1) is 10.5 Å². The molecule has 76 valence electrons. The van der Waals surface area contributed by atoms with Crippen LogP contribution in [0.25, 0.3) is 0 Å². The van der Waals surface area contributed by atoms with E-state index < -0.39 is 15.0 Å². The van der Waals surface area contributed by atoms with E-state index in [0.29, 0.717) is 4.47 Å². The van der Waals surface area contributed by atoms with Crippen molar-refractivity contribution in [2.45, 2.75) is 4.90 Å². The molecule has 0 spiro atoms. The highest BCUT2D eigenvalue weighted by atomic mass is 79.9. The van der Waals surface area contributed by atoms with Crippen LogP contribution >= 0.6 is 26.6 Å². The zero-order valence-corrected chi connectivity index (χ0v) is 9.73. The van der Waals surface area contributed by atoms with Crippen LogP contribution in [0.3, 0.4) is 0 Å². The number of hydrogen-bond acceptors (Lipinski definition) is 3. The van der Waals surface area contributed by atoms with Gasteiger partial charge >= 0.3 is 5.97 Å². The summed E-state index contributed by atoms with van der Waals surface area (Å²) in [6.07, 6.45) is 0. The van der Waals surface area contributed by atoms with Crippen LogP contribution in [0, 0.1) is 0 Å². The molecule has 7 heteroatoms. The van der Waals surface area contributed by atoms with Crippen LogP contribution in [0.4, 0.5) is 0 Å². The monoisotopic (exact) mass is 298 g/mol. The average molecular weight is 300 g/mol. The maximum atomic E-state index is 10.9. The van der Waals surface area contributed by atoms with E-state index in [1.54, 1.807) is 0 Å². The van der Waals surface area contributed by atoms with Crippen LogP contribution in [-0.4, -0.2) is 19.5 Å². The molecule has 0 atom stereocenters. The summed E-state index contributed by atoms with van der Waals surface area (Å²) >= 11 is 2.99. The maximum Gasteiger partial charge on any atom is 0.335 e. The fraction of sp³-hybridized carbons (Fsp3) is 0. The molecule has 0 aliphatic carbocycles.